The number of urea groups is 1. The number of Topliss-reactive ketones (excluding diaryl/α,β-unsaturated/α-hetero) is 1. The first-order chi connectivity index (χ1) is 16.5. The fourth-order valence-corrected chi connectivity index (χ4v) is 4.43. The van der Waals surface area contributed by atoms with E-state index in [0.29, 0.717) is 22.7 Å². The third-order valence-corrected chi connectivity index (χ3v) is 6.78. The van der Waals surface area contributed by atoms with E-state index in [-0.39, 0.29) is 18.2 Å². The molecule has 1 aliphatic rings. The summed E-state index contributed by atoms with van der Waals surface area (Å²) < 4.78 is 1.44. The maximum absolute atomic E-state index is 13.3. The molecule has 1 aromatic carbocycles. The van der Waals surface area contributed by atoms with Crippen molar-refractivity contribution in [1.29, 1.82) is 0 Å². The molecule has 1 atom stereocenters. The van der Waals surface area contributed by atoms with Crippen LogP contribution >= 0.6 is 11.3 Å². The summed E-state index contributed by atoms with van der Waals surface area (Å²) in [5.74, 6) is -0.987. The van der Waals surface area contributed by atoms with Crippen molar-refractivity contribution in [1.82, 2.24) is 35.7 Å². The predicted octanol–water partition coefficient (Wildman–Crippen LogP) is 2.04. The molecule has 0 bridgehead atoms. The number of amides is 4. The van der Waals surface area contributed by atoms with Crippen LogP contribution in [0.2, 0.25) is 0 Å². The number of nitrogens with zero attached hydrogens (tertiary/aromatic N) is 5. The smallest absolute Gasteiger partial charge is 0.325 e. The summed E-state index contributed by atoms with van der Waals surface area (Å²) >= 11 is 1.22. The summed E-state index contributed by atoms with van der Waals surface area (Å²) in [6.07, 6.45) is 1.42. The minimum absolute atomic E-state index is 0.0958. The number of hydrogen-bond acceptors (Lipinski definition) is 8. The van der Waals surface area contributed by atoms with Gasteiger partial charge in [0, 0.05) is 10.3 Å². The molecule has 2 N–H and O–H groups in total. The van der Waals surface area contributed by atoms with Crippen molar-refractivity contribution in [2.75, 3.05) is 6.54 Å². The highest BCUT2D eigenvalue weighted by Gasteiger charge is 2.49. The minimum Gasteiger partial charge on any atom is -0.351 e. The molecule has 11 nitrogen and oxygen atoms in total. The van der Waals surface area contributed by atoms with E-state index in [0.717, 1.165) is 9.78 Å². The van der Waals surface area contributed by atoms with Gasteiger partial charge in [-0.15, -0.1) is 16.4 Å². The van der Waals surface area contributed by atoms with Crippen molar-refractivity contribution in [3.05, 3.63) is 58.0 Å². The Morgan fingerprint density at radius 2 is 1.94 bits per heavy atom. The van der Waals surface area contributed by atoms with E-state index >= 15 is 0 Å². The minimum atomic E-state index is -1.35. The molecular weight excluding hydrogens is 470 g/mol. The van der Waals surface area contributed by atoms with Crippen LogP contribution in [0.1, 0.15) is 47.8 Å². The van der Waals surface area contributed by atoms with Gasteiger partial charge in [0.15, 0.2) is 5.78 Å². The molecular formula is C23H25N7O4S. The van der Waals surface area contributed by atoms with Crippen molar-refractivity contribution in [2.45, 2.75) is 39.8 Å². The number of ketones is 1. The molecule has 0 aliphatic carbocycles. The molecule has 1 saturated heterocycles. The van der Waals surface area contributed by atoms with Crippen molar-refractivity contribution in [3.8, 4) is 5.69 Å². The van der Waals surface area contributed by atoms with Gasteiger partial charge in [0.2, 0.25) is 5.91 Å². The predicted molar refractivity (Wildman–Crippen MR) is 127 cm³/mol. The first-order valence-electron chi connectivity index (χ1n) is 10.9. The van der Waals surface area contributed by atoms with E-state index in [1.807, 2.05) is 20.8 Å². The fourth-order valence-electron chi connectivity index (χ4n) is 3.55. The Morgan fingerprint density at radius 3 is 2.63 bits per heavy atom. The van der Waals surface area contributed by atoms with Crippen LogP contribution in [0, 0.1) is 5.41 Å². The number of carbonyl (C=O) groups is 4. The van der Waals surface area contributed by atoms with Crippen LogP contribution in [0.5, 0.6) is 0 Å². The normalized spacial score (nSPS) is 18.0. The average molecular weight is 496 g/mol. The molecule has 1 aliphatic heterocycles. The van der Waals surface area contributed by atoms with Crippen molar-refractivity contribution < 1.29 is 19.2 Å². The van der Waals surface area contributed by atoms with Crippen LogP contribution < -0.4 is 10.6 Å². The number of carbonyl (C=O) groups excluding carboxylic acids is 4. The Morgan fingerprint density at radius 1 is 1.17 bits per heavy atom. The average Bonchev–Trinajstić information content (AvgIpc) is 3.55. The second-order valence-corrected chi connectivity index (χ2v) is 10.5. The molecule has 4 rings (SSSR count). The summed E-state index contributed by atoms with van der Waals surface area (Å²) in [6.45, 7) is 6.96. The van der Waals surface area contributed by atoms with Gasteiger partial charge in [0.1, 0.15) is 11.9 Å². The van der Waals surface area contributed by atoms with Gasteiger partial charge in [0.25, 0.3) is 5.91 Å². The molecule has 4 amide bonds. The zero-order chi connectivity index (χ0) is 25.4. The Hall–Kier alpha value is -3.93. The van der Waals surface area contributed by atoms with E-state index in [4.69, 9.17) is 0 Å². The van der Waals surface area contributed by atoms with Gasteiger partial charge in [-0.3, -0.25) is 19.3 Å². The van der Waals surface area contributed by atoms with Crippen molar-refractivity contribution in [3.63, 3.8) is 0 Å². The van der Waals surface area contributed by atoms with E-state index < -0.39 is 22.9 Å². The number of hydrogen-bond donors (Lipinski definition) is 2. The van der Waals surface area contributed by atoms with Gasteiger partial charge >= 0.3 is 6.03 Å². The molecule has 3 aromatic rings. The highest BCUT2D eigenvalue weighted by atomic mass is 32.1. The van der Waals surface area contributed by atoms with E-state index in [2.05, 4.69) is 26.2 Å². The van der Waals surface area contributed by atoms with Crippen LogP contribution in [0.15, 0.2) is 42.7 Å². The molecule has 1 unspecified atom stereocenters. The van der Waals surface area contributed by atoms with E-state index in [9.17, 15) is 19.2 Å². The molecule has 3 heterocycles. The molecule has 12 heteroatoms. The lowest BCUT2D eigenvalue weighted by Crippen LogP contribution is -2.41. The Balaban J connectivity index is 1.46. The number of benzene rings is 1. The highest BCUT2D eigenvalue weighted by Crippen LogP contribution is 2.30. The standard InChI is InChI=1S/C23H25N7O4S/c1-22(2,3)19(32)24-11-16-8-9-18(35-16)17(31)12-29-20(33)23(4,26-21(29)34)14-6-5-7-15(10-14)30-13-25-27-28-30/h5-10,13H,11-12H2,1-4H3,(H,24,32)(H,26,34). The van der Waals surface area contributed by atoms with Crippen LogP contribution in [0.4, 0.5) is 4.79 Å². The lowest BCUT2D eigenvalue weighted by molar-refractivity contribution is -0.131. The van der Waals surface area contributed by atoms with Gasteiger partial charge in [-0.2, -0.15) is 0 Å². The van der Waals surface area contributed by atoms with E-state index in [1.165, 1.54) is 22.3 Å². The van der Waals surface area contributed by atoms with Crippen LogP contribution in [0.3, 0.4) is 0 Å². The molecule has 0 saturated carbocycles. The molecule has 182 valence electrons. The molecule has 35 heavy (non-hydrogen) atoms. The SMILES string of the molecule is CC(C)(C)C(=O)NCc1ccc(C(=O)CN2C(=O)NC(C)(c3cccc(-n4cnnn4)c3)C2=O)s1. The van der Waals surface area contributed by atoms with Crippen molar-refractivity contribution >= 4 is 35.0 Å². The first-order valence-corrected chi connectivity index (χ1v) is 11.7. The second kappa shape index (κ2) is 9.02. The van der Waals surface area contributed by atoms with Gasteiger partial charge in [-0.1, -0.05) is 32.9 Å². The fraction of sp³-hybridized carbons (Fsp3) is 0.348. The third-order valence-electron chi connectivity index (χ3n) is 5.65. The summed E-state index contributed by atoms with van der Waals surface area (Å²) in [4.78, 5) is 53.1. The Kier molecular flexibility index (Phi) is 6.24. The van der Waals surface area contributed by atoms with Gasteiger partial charge < -0.3 is 10.6 Å². The summed E-state index contributed by atoms with van der Waals surface area (Å²) in [7, 11) is 0. The van der Waals surface area contributed by atoms with Gasteiger partial charge in [-0.05, 0) is 47.2 Å². The quantitative estimate of drug-likeness (QED) is 0.378. The van der Waals surface area contributed by atoms with Gasteiger partial charge in [-0.25, -0.2) is 9.48 Å². The lowest BCUT2D eigenvalue weighted by atomic mass is 9.91. The number of tetrazole rings is 1. The molecule has 2 aromatic heterocycles. The largest absolute Gasteiger partial charge is 0.351 e. The van der Waals surface area contributed by atoms with Crippen LogP contribution in [0.25, 0.3) is 5.69 Å². The number of rotatable bonds is 7. The summed E-state index contributed by atoms with van der Waals surface area (Å²) in [5.41, 5.74) is -0.710. The summed E-state index contributed by atoms with van der Waals surface area (Å²) in [6, 6.07) is 9.67. The van der Waals surface area contributed by atoms with E-state index in [1.54, 1.807) is 43.3 Å². The maximum atomic E-state index is 13.3. The number of thiophene rings is 1. The monoisotopic (exact) mass is 495 g/mol. The topological polar surface area (TPSA) is 139 Å². The van der Waals surface area contributed by atoms with Crippen LogP contribution in [-0.2, 0) is 21.7 Å². The third kappa shape index (κ3) is 4.83. The maximum Gasteiger partial charge on any atom is 0.325 e. The molecule has 0 radical (unpaired) electrons. The Bertz CT molecular complexity index is 1300. The first kappa shape index (κ1) is 24.2. The summed E-state index contributed by atoms with van der Waals surface area (Å²) in [5, 5.41) is 16.6. The zero-order valence-electron chi connectivity index (χ0n) is 19.7. The highest BCUT2D eigenvalue weighted by molar-refractivity contribution is 7.14. The number of imide groups is 1. The number of aromatic nitrogens is 4. The lowest BCUT2D eigenvalue weighted by Gasteiger charge is -2.22. The van der Waals surface area contributed by atoms with Gasteiger partial charge in [0.05, 0.1) is 23.7 Å². The number of nitrogens with one attached hydrogen (secondary N) is 2. The van der Waals surface area contributed by atoms with Crippen LogP contribution in [-0.4, -0.2) is 55.3 Å². The zero-order valence-corrected chi connectivity index (χ0v) is 20.5. The second-order valence-electron chi connectivity index (χ2n) is 9.37. The van der Waals surface area contributed by atoms with Crippen molar-refractivity contribution in [2.24, 2.45) is 5.41 Å². The Labute approximate surface area is 205 Å². The molecule has 0 spiro atoms. The molecule has 1 fully saturated rings.